The van der Waals surface area contributed by atoms with Crippen molar-refractivity contribution >= 4 is 11.6 Å². The van der Waals surface area contributed by atoms with Crippen molar-refractivity contribution in [3.8, 4) is 5.75 Å². The van der Waals surface area contributed by atoms with Crippen LogP contribution in [0.4, 0.5) is 5.69 Å². The zero-order chi connectivity index (χ0) is 18.7. The maximum Gasteiger partial charge on any atom is 0.278 e. The molecule has 0 saturated carbocycles. The summed E-state index contributed by atoms with van der Waals surface area (Å²) in [5, 5.41) is 6.87. The van der Waals surface area contributed by atoms with Gasteiger partial charge >= 0.3 is 0 Å². The lowest BCUT2D eigenvalue weighted by Gasteiger charge is -2.11. The molecule has 1 heterocycles. The Kier molecular flexibility index (Phi) is 5.07. The van der Waals surface area contributed by atoms with E-state index in [0.29, 0.717) is 11.3 Å². The van der Waals surface area contributed by atoms with Crippen molar-refractivity contribution in [2.45, 2.75) is 34.3 Å². The zero-order valence-electron chi connectivity index (χ0n) is 15.4. The van der Waals surface area contributed by atoms with Crippen LogP contribution in [0.3, 0.4) is 0 Å². The van der Waals surface area contributed by atoms with Crippen LogP contribution in [0.5, 0.6) is 5.75 Å². The van der Waals surface area contributed by atoms with Crippen LogP contribution in [-0.4, -0.2) is 11.1 Å². The number of hydrogen-bond acceptors (Lipinski definition) is 4. The summed E-state index contributed by atoms with van der Waals surface area (Å²) < 4.78 is 11.1. The number of aromatic nitrogens is 1. The molecular weight excluding hydrogens is 328 g/mol. The molecule has 5 nitrogen and oxygen atoms in total. The Morgan fingerprint density at radius 3 is 2.46 bits per heavy atom. The lowest BCUT2D eigenvalue weighted by atomic mass is 10.1. The van der Waals surface area contributed by atoms with E-state index >= 15 is 0 Å². The zero-order valence-corrected chi connectivity index (χ0v) is 15.4. The molecule has 0 atom stereocenters. The van der Waals surface area contributed by atoms with Crippen LogP contribution in [0.15, 0.2) is 47.0 Å². The molecule has 134 valence electrons. The quantitative estimate of drug-likeness (QED) is 0.722. The van der Waals surface area contributed by atoms with Crippen molar-refractivity contribution in [1.29, 1.82) is 0 Å². The Balaban J connectivity index is 1.79. The Bertz CT molecular complexity index is 924. The Hall–Kier alpha value is -3.08. The molecule has 0 aliphatic rings. The third-order valence-electron chi connectivity index (χ3n) is 4.29. The van der Waals surface area contributed by atoms with Crippen molar-refractivity contribution in [1.82, 2.24) is 5.16 Å². The fraction of sp³-hybridized carbons (Fsp3) is 0.238. The molecule has 0 aliphatic carbocycles. The van der Waals surface area contributed by atoms with Crippen molar-refractivity contribution in [2.75, 3.05) is 5.32 Å². The van der Waals surface area contributed by atoms with E-state index in [1.165, 1.54) is 0 Å². The predicted octanol–water partition coefficient (Wildman–Crippen LogP) is 4.74. The minimum Gasteiger partial charge on any atom is -0.489 e. The number of hydrogen-bond donors (Lipinski definition) is 1. The number of rotatable bonds is 5. The highest BCUT2D eigenvalue weighted by atomic mass is 16.5. The fourth-order valence-electron chi connectivity index (χ4n) is 2.78. The summed E-state index contributed by atoms with van der Waals surface area (Å²) in [5.74, 6) is 1.01. The Labute approximate surface area is 153 Å². The number of carbonyl (C=O) groups is 1. The normalized spacial score (nSPS) is 10.6. The highest BCUT2D eigenvalue weighted by Gasteiger charge is 2.21. The highest BCUT2D eigenvalue weighted by molar-refractivity contribution is 6.04. The summed E-state index contributed by atoms with van der Waals surface area (Å²) in [4.78, 5) is 12.7. The smallest absolute Gasteiger partial charge is 0.278 e. The summed E-state index contributed by atoms with van der Waals surface area (Å²) in [7, 11) is 0. The summed E-state index contributed by atoms with van der Waals surface area (Å²) in [6.45, 7) is 7.91. The van der Waals surface area contributed by atoms with E-state index in [9.17, 15) is 4.79 Å². The van der Waals surface area contributed by atoms with E-state index < -0.39 is 0 Å². The van der Waals surface area contributed by atoms with Crippen LogP contribution in [0.2, 0.25) is 0 Å². The largest absolute Gasteiger partial charge is 0.489 e. The molecule has 3 aromatic rings. The van der Waals surface area contributed by atoms with Gasteiger partial charge in [0.2, 0.25) is 0 Å². The van der Waals surface area contributed by atoms with Gasteiger partial charge in [-0.3, -0.25) is 4.79 Å². The van der Waals surface area contributed by atoms with Gasteiger partial charge in [-0.05, 0) is 56.5 Å². The first-order valence-corrected chi connectivity index (χ1v) is 8.48. The van der Waals surface area contributed by atoms with Gasteiger partial charge < -0.3 is 14.6 Å². The summed E-state index contributed by atoms with van der Waals surface area (Å²) in [6.07, 6.45) is 0. The maximum absolute atomic E-state index is 12.7. The second kappa shape index (κ2) is 7.44. The second-order valence-electron chi connectivity index (χ2n) is 6.39. The van der Waals surface area contributed by atoms with E-state index in [1.54, 1.807) is 6.92 Å². The molecule has 0 saturated heterocycles. The average Bonchev–Trinajstić information content (AvgIpc) is 2.97. The molecule has 5 heteroatoms. The molecular formula is C21H22N2O3. The van der Waals surface area contributed by atoms with Gasteiger partial charge in [0.05, 0.1) is 5.56 Å². The van der Waals surface area contributed by atoms with Crippen molar-refractivity contribution in [3.05, 3.63) is 76.2 Å². The van der Waals surface area contributed by atoms with Crippen LogP contribution in [0.1, 0.15) is 38.5 Å². The van der Waals surface area contributed by atoms with Crippen LogP contribution >= 0.6 is 0 Å². The SMILES string of the molecule is Cc1cccc(OCc2c(C(=O)Nc3c(C)cccc3C)noc2C)c1. The molecule has 1 N–H and O–H groups in total. The Morgan fingerprint density at radius 2 is 1.77 bits per heavy atom. The van der Waals surface area contributed by atoms with Gasteiger partial charge in [0, 0.05) is 5.69 Å². The molecule has 3 rings (SSSR count). The minimum atomic E-state index is -0.304. The molecule has 0 fully saturated rings. The molecule has 0 spiro atoms. The van der Waals surface area contributed by atoms with Crippen molar-refractivity contribution in [2.24, 2.45) is 0 Å². The molecule has 1 aromatic heterocycles. The standard InChI is InChI=1S/C21H22N2O3/c1-13-7-5-10-17(11-13)25-12-18-16(4)26-23-20(18)21(24)22-19-14(2)8-6-9-15(19)3/h5-11H,12H2,1-4H3,(H,22,24). The van der Waals surface area contributed by atoms with Gasteiger partial charge in [-0.25, -0.2) is 0 Å². The molecule has 0 radical (unpaired) electrons. The monoisotopic (exact) mass is 350 g/mol. The second-order valence-corrected chi connectivity index (χ2v) is 6.39. The lowest BCUT2D eigenvalue weighted by molar-refractivity contribution is 0.101. The van der Waals surface area contributed by atoms with Crippen molar-refractivity contribution in [3.63, 3.8) is 0 Å². The number of anilines is 1. The van der Waals surface area contributed by atoms with E-state index in [4.69, 9.17) is 9.26 Å². The molecule has 0 aliphatic heterocycles. The van der Waals surface area contributed by atoms with Gasteiger partial charge in [0.15, 0.2) is 5.69 Å². The number of aryl methyl sites for hydroxylation is 4. The molecule has 0 bridgehead atoms. The first-order valence-electron chi connectivity index (χ1n) is 8.48. The van der Waals surface area contributed by atoms with Crippen LogP contribution in [-0.2, 0) is 6.61 Å². The van der Waals surface area contributed by atoms with Crippen molar-refractivity contribution < 1.29 is 14.1 Å². The third kappa shape index (κ3) is 3.77. The number of nitrogens with one attached hydrogen (secondary N) is 1. The molecule has 2 aromatic carbocycles. The molecule has 0 unspecified atom stereocenters. The number of nitrogens with zero attached hydrogens (tertiary/aromatic N) is 1. The number of para-hydroxylation sites is 1. The van der Waals surface area contributed by atoms with Crippen LogP contribution in [0, 0.1) is 27.7 Å². The van der Waals surface area contributed by atoms with Gasteiger partial charge in [-0.1, -0.05) is 35.5 Å². The van der Waals surface area contributed by atoms with E-state index in [1.807, 2.05) is 63.2 Å². The third-order valence-corrected chi connectivity index (χ3v) is 4.29. The summed E-state index contributed by atoms with van der Waals surface area (Å²) >= 11 is 0. The number of ether oxygens (including phenoxy) is 1. The highest BCUT2D eigenvalue weighted by Crippen LogP contribution is 2.23. The summed E-state index contributed by atoms with van der Waals surface area (Å²) in [6, 6.07) is 13.6. The van der Waals surface area contributed by atoms with E-state index in [-0.39, 0.29) is 18.2 Å². The Morgan fingerprint density at radius 1 is 1.08 bits per heavy atom. The number of benzene rings is 2. The molecule has 26 heavy (non-hydrogen) atoms. The average molecular weight is 350 g/mol. The lowest BCUT2D eigenvalue weighted by Crippen LogP contribution is -2.16. The first kappa shape index (κ1) is 17.7. The minimum absolute atomic E-state index is 0.217. The van der Waals surface area contributed by atoms with Crippen LogP contribution < -0.4 is 10.1 Å². The fourth-order valence-corrected chi connectivity index (χ4v) is 2.78. The summed E-state index contributed by atoms with van der Waals surface area (Å²) in [5.41, 5.74) is 4.79. The van der Waals surface area contributed by atoms with Gasteiger partial charge in [-0.15, -0.1) is 0 Å². The van der Waals surface area contributed by atoms with Gasteiger partial charge in [0.25, 0.3) is 5.91 Å². The first-order chi connectivity index (χ1) is 12.5. The molecule has 1 amide bonds. The van der Waals surface area contributed by atoms with E-state index in [2.05, 4.69) is 10.5 Å². The van der Waals surface area contributed by atoms with Crippen LogP contribution in [0.25, 0.3) is 0 Å². The topological polar surface area (TPSA) is 64.4 Å². The predicted molar refractivity (Wildman–Crippen MR) is 101 cm³/mol. The number of carbonyl (C=O) groups excluding carboxylic acids is 1. The maximum atomic E-state index is 12.7. The number of amides is 1. The van der Waals surface area contributed by atoms with Gasteiger partial charge in [-0.2, -0.15) is 0 Å². The van der Waals surface area contributed by atoms with E-state index in [0.717, 1.165) is 28.1 Å². The van der Waals surface area contributed by atoms with Gasteiger partial charge in [0.1, 0.15) is 18.1 Å².